The van der Waals surface area contributed by atoms with Crippen molar-refractivity contribution in [2.45, 2.75) is 44.1 Å². The van der Waals surface area contributed by atoms with Crippen molar-refractivity contribution in [2.24, 2.45) is 5.73 Å². The predicted molar refractivity (Wildman–Crippen MR) is 67.1 cm³/mol. The van der Waals surface area contributed by atoms with Gasteiger partial charge in [-0.25, -0.2) is 8.78 Å². The standard InChI is InChI=1S/C13H16F2N2O2/c1-9-2-3-10(8-11(9)17(18)19)12(16)4-6-13(14,15)7-5-12/h2-3,8H,4-7,16H2,1H3. The Labute approximate surface area is 109 Å². The average molecular weight is 270 g/mol. The number of alkyl halides is 2. The first-order valence-corrected chi connectivity index (χ1v) is 6.16. The Morgan fingerprint density at radius 2 is 1.84 bits per heavy atom. The van der Waals surface area contributed by atoms with Crippen molar-refractivity contribution in [3.05, 3.63) is 39.4 Å². The molecule has 1 aromatic rings. The molecule has 1 aromatic carbocycles. The Morgan fingerprint density at radius 1 is 1.26 bits per heavy atom. The number of rotatable bonds is 2. The fourth-order valence-corrected chi connectivity index (χ4v) is 2.47. The predicted octanol–water partition coefficient (Wildman–Crippen LogP) is 3.27. The van der Waals surface area contributed by atoms with E-state index in [1.807, 2.05) is 0 Å². The van der Waals surface area contributed by atoms with Gasteiger partial charge in [0.25, 0.3) is 5.69 Å². The van der Waals surface area contributed by atoms with Crippen LogP contribution < -0.4 is 5.73 Å². The minimum atomic E-state index is -2.67. The van der Waals surface area contributed by atoms with Crippen LogP contribution in [0.15, 0.2) is 18.2 Å². The van der Waals surface area contributed by atoms with E-state index in [0.29, 0.717) is 11.1 Å². The molecule has 1 fully saturated rings. The molecule has 0 unspecified atom stereocenters. The molecule has 0 heterocycles. The zero-order valence-electron chi connectivity index (χ0n) is 10.7. The minimum Gasteiger partial charge on any atom is -0.321 e. The summed E-state index contributed by atoms with van der Waals surface area (Å²) in [4.78, 5) is 10.4. The van der Waals surface area contributed by atoms with E-state index in [9.17, 15) is 18.9 Å². The first kappa shape index (κ1) is 13.9. The fourth-order valence-electron chi connectivity index (χ4n) is 2.47. The van der Waals surface area contributed by atoms with E-state index in [1.54, 1.807) is 19.1 Å². The van der Waals surface area contributed by atoms with E-state index in [2.05, 4.69) is 0 Å². The molecule has 0 atom stereocenters. The summed E-state index contributed by atoms with van der Waals surface area (Å²) in [7, 11) is 0. The molecule has 1 saturated carbocycles. The fraction of sp³-hybridized carbons (Fsp3) is 0.538. The van der Waals surface area contributed by atoms with Crippen molar-refractivity contribution in [3.63, 3.8) is 0 Å². The summed E-state index contributed by atoms with van der Waals surface area (Å²) in [6.07, 6.45) is -0.267. The Morgan fingerprint density at radius 3 is 2.37 bits per heavy atom. The van der Waals surface area contributed by atoms with Crippen molar-refractivity contribution in [3.8, 4) is 0 Å². The summed E-state index contributed by atoms with van der Waals surface area (Å²) in [6, 6.07) is 4.74. The van der Waals surface area contributed by atoms with Crippen LogP contribution >= 0.6 is 0 Å². The zero-order chi connectivity index (χ0) is 14.3. The lowest BCUT2D eigenvalue weighted by Crippen LogP contribution is -2.43. The highest BCUT2D eigenvalue weighted by Crippen LogP contribution is 2.42. The van der Waals surface area contributed by atoms with Gasteiger partial charge >= 0.3 is 0 Å². The van der Waals surface area contributed by atoms with Crippen LogP contribution in [0.3, 0.4) is 0 Å². The SMILES string of the molecule is Cc1ccc(C2(N)CCC(F)(F)CC2)cc1[N+](=O)[O-]. The van der Waals surface area contributed by atoms with Crippen molar-refractivity contribution >= 4 is 5.69 Å². The zero-order valence-corrected chi connectivity index (χ0v) is 10.7. The molecule has 104 valence electrons. The number of nitro groups is 1. The summed E-state index contributed by atoms with van der Waals surface area (Å²) in [6.45, 7) is 1.64. The lowest BCUT2D eigenvalue weighted by molar-refractivity contribution is -0.385. The Hall–Kier alpha value is -1.56. The lowest BCUT2D eigenvalue weighted by atomic mass is 9.76. The second kappa shape index (κ2) is 4.52. The topological polar surface area (TPSA) is 69.2 Å². The van der Waals surface area contributed by atoms with Gasteiger partial charge in [-0.1, -0.05) is 12.1 Å². The van der Waals surface area contributed by atoms with Crippen LogP contribution in [-0.4, -0.2) is 10.8 Å². The highest BCUT2D eigenvalue weighted by molar-refractivity contribution is 5.44. The van der Waals surface area contributed by atoms with Gasteiger partial charge in [0.1, 0.15) is 0 Å². The molecule has 0 spiro atoms. The first-order valence-electron chi connectivity index (χ1n) is 6.16. The molecule has 0 amide bonds. The number of benzene rings is 1. The van der Waals surface area contributed by atoms with E-state index in [4.69, 9.17) is 5.73 Å². The van der Waals surface area contributed by atoms with Crippen molar-refractivity contribution < 1.29 is 13.7 Å². The molecule has 19 heavy (non-hydrogen) atoms. The van der Waals surface area contributed by atoms with Gasteiger partial charge in [0.15, 0.2) is 0 Å². The average Bonchev–Trinajstić information content (AvgIpc) is 2.33. The second-order valence-electron chi connectivity index (χ2n) is 5.27. The van der Waals surface area contributed by atoms with Crippen LogP contribution in [0.5, 0.6) is 0 Å². The third kappa shape index (κ3) is 2.73. The van der Waals surface area contributed by atoms with Gasteiger partial charge in [-0.15, -0.1) is 0 Å². The number of hydrogen-bond donors (Lipinski definition) is 1. The normalized spacial score (nSPS) is 21.1. The van der Waals surface area contributed by atoms with Crippen LogP contribution in [-0.2, 0) is 5.54 Å². The molecular weight excluding hydrogens is 254 g/mol. The number of halogens is 2. The second-order valence-corrected chi connectivity index (χ2v) is 5.27. The van der Waals surface area contributed by atoms with Crippen LogP contribution in [0.4, 0.5) is 14.5 Å². The van der Waals surface area contributed by atoms with E-state index < -0.39 is 16.4 Å². The van der Waals surface area contributed by atoms with Gasteiger partial charge in [-0.05, 0) is 25.3 Å². The summed E-state index contributed by atoms with van der Waals surface area (Å²) in [5, 5.41) is 10.9. The van der Waals surface area contributed by atoms with Gasteiger partial charge < -0.3 is 5.73 Å². The van der Waals surface area contributed by atoms with Crippen LogP contribution in [0.1, 0.15) is 36.8 Å². The molecule has 0 aliphatic heterocycles. The van der Waals surface area contributed by atoms with Gasteiger partial charge in [-0.3, -0.25) is 10.1 Å². The maximum Gasteiger partial charge on any atom is 0.272 e. The molecule has 1 aliphatic carbocycles. The van der Waals surface area contributed by atoms with E-state index >= 15 is 0 Å². The maximum atomic E-state index is 13.2. The monoisotopic (exact) mass is 270 g/mol. The molecule has 0 radical (unpaired) electrons. The summed E-state index contributed by atoms with van der Waals surface area (Å²) in [5.41, 5.74) is 6.37. The number of hydrogen-bond acceptors (Lipinski definition) is 3. The first-order chi connectivity index (χ1) is 8.73. The van der Waals surface area contributed by atoms with Crippen LogP contribution in [0.2, 0.25) is 0 Å². The van der Waals surface area contributed by atoms with Crippen molar-refractivity contribution in [1.82, 2.24) is 0 Å². The van der Waals surface area contributed by atoms with Gasteiger partial charge in [0.05, 0.1) is 4.92 Å². The number of aryl methyl sites for hydroxylation is 1. The smallest absolute Gasteiger partial charge is 0.272 e. The summed E-state index contributed by atoms with van der Waals surface area (Å²) >= 11 is 0. The Kier molecular flexibility index (Phi) is 3.30. The molecule has 2 N–H and O–H groups in total. The van der Waals surface area contributed by atoms with Gasteiger partial charge in [0, 0.05) is 30.0 Å². The van der Waals surface area contributed by atoms with Crippen molar-refractivity contribution in [1.29, 1.82) is 0 Å². The molecule has 1 aliphatic rings. The minimum absolute atomic E-state index is 0.0142. The van der Waals surface area contributed by atoms with Crippen LogP contribution in [0, 0.1) is 17.0 Å². The van der Waals surface area contributed by atoms with E-state index in [0.717, 1.165) is 0 Å². The molecule has 4 nitrogen and oxygen atoms in total. The highest BCUT2D eigenvalue weighted by atomic mass is 19.3. The Balaban J connectivity index is 2.32. The van der Waals surface area contributed by atoms with Gasteiger partial charge in [0.2, 0.25) is 5.92 Å². The lowest BCUT2D eigenvalue weighted by Gasteiger charge is -2.37. The van der Waals surface area contributed by atoms with Crippen LogP contribution in [0.25, 0.3) is 0 Å². The number of nitrogens with two attached hydrogens (primary N) is 1. The molecular formula is C13H16F2N2O2. The Bertz CT molecular complexity index is 507. The van der Waals surface area contributed by atoms with Crippen molar-refractivity contribution in [2.75, 3.05) is 0 Å². The molecule has 6 heteroatoms. The largest absolute Gasteiger partial charge is 0.321 e. The third-order valence-electron chi connectivity index (χ3n) is 3.85. The number of nitro benzene ring substituents is 1. The highest BCUT2D eigenvalue weighted by Gasteiger charge is 2.42. The molecule has 0 bridgehead atoms. The molecule has 0 aromatic heterocycles. The molecule has 2 rings (SSSR count). The maximum absolute atomic E-state index is 13.2. The summed E-state index contributed by atoms with van der Waals surface area (Å²) < 4.78 is 26.3. The third-order valence-corrected chi connectivity index (χ3v) is 3.85. The van der Waals surface area contributed by atoms with E-state index in [-0.39, 0.29) is 31.4 Å². The quantitative estimate of drug-likeness (QED) is 0.662. The van der Waals surface area contributed by atoms with Gasteiger partial charge in [-0.2, -0.15) is 0 Å². The summed E-state index contributed by atoms with van der Waals surface area (Å²) in [5.74, 6) is -2.67. The molecule has 0 saturated heterocycles. The number of nitrogens with zero attached hydrogens (tertiary/aromatic N) is 1. The van der Waals surface area contributed by atoms with E-state index in [1.165, 1.54) is 6.07 Å².